The van der Waals surface area contributed by atoms with Crippen molar-refractivity contribution in [3.05, 3.63) is 29.6 Å². The highest BCUT2D eigenvalue weighted by Gasteiger charge is 2.26. The molecule has 3 amide bonds. The lowest BCUT2D eigenvalue weighted by molar-refractivity contribution is 0.0649. The van der Waals surface area contributed by atoms with Gasteiger partial charge in [0.25, 0.3) is 5.91 Å². The van der Waals surface area contributed by atoms with Crippen LogP contribution in [0.5, 0.6) is 0 Å². The van der Waals surface area contributed by atoms with Gasteiger partial charge >= 0.3 is 6.03 Å². The lowest BCUT2D eigenvalue weighted by Crippen LogP contribution is -2.52. The van der Waals surface area contributed by atoms with Crippen LogP contribution in [0.3, 0.4) is 0 Å². The summed E-state index contributed by atoms with van der Waals surface area (Å²) in [6.07, 6.45) is 3.32. The third-order valence-electron chi connectivity index (χ3n) is 3.47. The van der Waals surface area contributed by atoms with E-state index >= 15 is 0 Å². The fraction of sp³-hybridized carbons (Fsp3) is 0.500. The van der Waals surface area contributed by atoms with Crippen molar-refractivity contribution in [3.63, 3.8) is 0 Å². The molecule has 20 heavy (non-hydrogen) atoms. The third kappa shape index (κ3) is 2.89. The van der Waals surface area contributed by atoms with Gasteiger partial charge in [0.05, 0.1) is 0 Å². The first-order valence-electron chi connectivity index (χ1n) is 6.67. The fourth-order valence-corrected chi connectivity index (χ4v) is 2.27. The van der Waals surface area contributed by atoms with Gasteiger partial charge in [-0.15, -0.1) is 0 Å². The van der Waals surface area contributed by atoms with Crippen molar-refractivity contribution in [2.75, 3.05) is 40.3 Å². The second-order valence-electron chi connectivity index (χ2n) is 5.15. The Labute approximate surface area is 119 Å². The van der Waals surface area contributed by atoms with Crippen LogP contribution >= 0.6 is 0 Å². The molecule has 0 spiro atoms. The zero-order valence-electron chi connectivity index (χ0n) is 12.2. The van der Waals surface area contributed by atoms with Crippen LogP contribution in [0.25, 0.3) is 0 Å². The molecule has 0 aromatic carbocycles. The monoisotopic (exact) mass is 276 g/mol. The highest BCUT2D eigenvalue weighted by molar-refractivity contribution is 5.95. The first kappa shape index (κ1) is 14.3. The van der Waals surface area contributed by atoms with E-state index in [1.165, 1.54) is 0 Å². The van der Waals surface area contributed by atoms with Gasteiger partial charge in [-0.2, -0.15) is 0 Å². The average molecular weight is 276 g/mol. The Morgan fingerprint density at radius 2 is 1.75 bits per heavy atom. The summed E-state index contributed by atoms with van der Waals surface area (Å²) in [5.41, 5.74) is 1.57. The van der Waals surface area contributed by atoms with E-state index in [9.17, 15) is 9.59 Å². The van der Waals surface area contributed by atoms with Gasteiger partial charge in [0.1, 0.15) is 0 Å². The van der Waals surface area contributed by atoms with Gasteiger partial charge in [0.2, 0.25) is 0 Å². The summed E-state index contributed by atoms with van der Waals surface area (Å²) in [6.45, 7) is 4.17. The predicted octanol–water partition coefficient (Wildman–Crippen LogP) is 0.829. The minimum Gasteiger partial charge on any atom is -0.335 e. The average Bonchev–Trinajstić information content (AvgIpc) is 2.46. The molecule has 2 rings (SSSR count). The first-order chi connectivity index (χ1) is 9.50. The van der Waals surface area contributed by atoms with E-state index in [1.54, 1.807) is 47.3 Å². The number of hydrogen-bond acceptors (Lipinski definition) is 3. The molecule has 108 valence electrons. The number of carbonyl (C=O) groups excluding carboxylic acids is 2. The molecule has 2 heterocycles. The summed E-state index contributed by atoms with van der Waals surface area (Å²) >= 11 is 0. The minimum atomic E-state index is -0.00260. The van der Waals surface area contributed by atoms with Crippen molar-refractivity contribution in [2.45, 2.75) is 6.92 Å². The van der Waals surface area contributed by atoms with Gasteiger partial charge < -0.3 is 14.7 Å². The molecule has 1 saturated heterocycles. The third-order valence-corrected chi connectivity index (χ3v) is 3.47. The molecule has 0 radical (unpaired) electrons. The molecule has 1 fully saturated rings. The number of carbonyl (C=O) groups is 2. The maximum Gasteiger partial charge on any atom is 0.319 e. The van der Waals surface area contributed by atoms with Gasteiger partial charge in [0.15, 0.2) is 0 Å². The van der Waals surface area contributed by atoms with E-state index in [-0.39, 0.29) is 11.9 Å². The number of aryl methyl sites for hydroxylation is 1. The normalized spacial score (nSPS) is 15.2. The van der Waals surface area contributed by atoms with Crippen LogP contribution in [-0.2, 0) is 0 Å². The number of rotatable bonds is 1. The highest BCUT2D eigenvalue weighted by atomic mass is 16.2. The Morgan fingerprint density at radius 1 is 1.15 bits per heavy atom. The summed E-state index contributed by atoms with van der Waals surface area (Å²) in [7, 11) is 3.47. The van der Waals surface area contributed by atoms with Gasteiger partial charge in [-0.3, -0.25) is 9.78 Å². The van der Waals surface area contributed by atoms with E-state index in [2.05, 4.69) is 4.98 Å². The number of pyridine rings is 1. The minimum absolute atomic E-state index is 0.00260. The maximum atomic E-state index is 12.4. The molecule has 1 aromatic rings. The molecule has 1 aliphatic heterocycles. The maximum absolute atomic E-state index is 12.4. The number of amides is 3. The summed E-state index contributed by atoms with van der Waals surface area (Å²) in [5.74, 6) is 0.0156. The van der Waals surface area contributed by atoms with Crippen LogP contribution in [0, 0.1) is 6.92 Å². The van der Waals surface area contributed by atoms with Crippen molar-refractivity contribution in [1.82, 2.24) is 19.7 Å². The number of urea groups is 1. The van der Waals surface area contributed by atoms with Crippen LogP contribution in [0.1, 0.15) is 15.9 Å². The second kappa shape index (κ2) is 5.90. The number of piperazine rings is 1. The van der Waals surface area contributed by atoms with Crippen molar-refractivity contribution < 1.29 is 9.59 Å². The van der Waals surface area contributed by atoms with Gasteiger partial charge in [-0.05, 0) is 18.6 Å². The molecule has 0 saturated carbocycles. The van der Waals surface area contributed by atoms with Gasteiger partial charge in [0, 0.05) is 58.2 Å². The van der Waals surface area contributed by atoms with Crippen LogP contribution < -0.4 is 0 Å². The summed E-state index contributed by atoms with van der Waals surface area (Å²) < 4.78 is 0. The van der Waals surface area contributed by atoms with E-state index < -0.39 is 0 Å². The lowest BCUT2D eigenvalue weighted by atomic mass is 10.1. The standard InChI is InChI=1S/C14H20N4O2/c1-11-10-15-5-4-12(11)13(19)17-6-8-18(9-7-17)14(20)16(2)3/h4-5,10H,6-9H2,1-3H3. The molecule has 6 nitrogen and oxygen atoms in total. The number of aromatic nitrogens is 1. The largest absolute Gasteiger partial charge is 0.335 e. The molecular formula is C14H20N4O2. The molecule has 0 aliphatic carbocycles. The van der Waals surface area contributed by atoms with Crippen molar-refractivity contribution in [2.24, 2.45) is 0 Å². The zero-order valence-corrected chi connectivity index (χ0v) is 12.2. The molecule has 0 N–H and O–H groups in total. The van der Waals surface area contributed by atoms with E-state index in [4.69, 9.17) is 0 Å². The first-order valence-corrected chi connectivity index (χ1v) is 6.67. The molecule has 0 bridgehead atoms. The van der Waals surface area contributed by atoms with Crippen LogP contribution in [0.2, 0.25) is 0 Å². The summed E-state index contributed by atoms with van der Waals surface area (Å²) in [5, 5.41) is 0. The molecule has 6 heteroatoms. The van der Waals surface area contributed by atoms with Gasteiger partial charge in [-0.25, -0.2) is 4.79 Å². The Morgan fingerprint density at radius 3 is 2.30 bits per heavy atom. The van der Waals surface area contributed by atoms with Crippen LogP contribution in [0.15, 0.2) is 18.5 Å². The van der Waals surface area contributed by atoms with E-state index in [0.29, 0.717) is 31.7 Å². The van der Waals surface area contributed by atoms with Crippen LogP contribution in [0.4, 0.5) is 4.79 Å². The Kier molecular flexibility index (Phi) is 4.22. The van der Waals surface area contributed by atoms with Crippen molar-refractivity contribution >= 4 is 11.9 Å². The SMILES string of the molecule is Cc1cnccc1C(=O)N1CCN(C(=O)N(C)C)CC1. The Hall–Kier alpha value is -2.11. The van der Waals surface area contributed by atoms with Gasteiger partial charge in [-0.1, -0.05) is 0 Å². The Bertz CT molecular complexity index is 508. The zero-order chi connectivity index (χ0) is 14.7. The predicted molar refractivity (Wildman–Crippen MR) is 75.5 cm³/mol. The lowest BCUT2D eigenvalue weighted by Gasteiger charge is -2.36. The highest BCUT2D eigenvalue weighted by Crippen LogP contribution is 2.12. The fourth-order valence-electron chi connectivity index (χ4n) is 2.27. The number of nitrogens with zero attached hydrogens (tertiary/aromatic N) is 4. The topological polar surface area (TPSA) is 56.8 Å². The smallest absolute Gasteiger partial charge is 0.319 e. The van der Waals surface area contributed by atoms with Crippen LogP contribution in [-0.4, -0.2) is 71.9 Å². The number of hydrogen-bond donors (Lipinski definition) is 0. The van der Waals surface area contributed by atoms with Crippen molar-refractivity contribution in [1.29, 1.82) is 0 Å². The molecule has 0 unspecified atom stereocenters. The van der Waals surface area contributed by atoms with Crippen molar-refractivity contribution in [3.8, 4) is 0 Å². The summed E-state index contributed by atoms with van der Waals surface area (Å²) in [6, 6.07) is 1.74. The van der Waals surface area contributed by atoms with E-state index in [1.807, 2.05) is 6.92 Å². The molecule has 1 aliphatic rings. The molecule has 1 aromatic heterocycles. The van der Waals surface area contributed by atoms with E-state index in [0.717, 1.165) is 5.56 Å². The quantitative estimate of drug-likeness (QED) is 0.763. The Balaban J connectivity index is 1.99. The molecular weight excluding hydrogens is 256 g/mol. The summed E-state index contributed by atoms with van der Waals surface area (Å²) in [4.78, 5) is 33.4. The second-order valence-corrected chi connectivity index (χ2v) is 5.15. The molecule has 0 atom stereocenters.